The highest BCUT2D eigenvalue weighted by molar-refractivity contribution is 5.94. The molecule has 0 aliphatic heterocycles. The van der Waals surface area contributed by atoms with Gasteiger partial charge in [-0.15, -0.1) is 0 Å². The third-order valence-electron chi connectivity index (χ3n) is 7.30. The van der Waals surface area contributed by atoms with Crippen molar-refractivity contribution in [1.29, 1.82) is 0 Å². The summed E-state index contributed by atoms with van der Waals surface area (Å²) in [5.74, 6) is -1.67. The standard InChI is InChI=1S/C34H39N3O7/c1-34(2,3)44-32(41)36-18-10-17-35-30(38)23-12-9-11-22(19-23)20-29(31(39)40)37(4)33(42)43-21-28-26-15-7-5-13-24(26)25-14-6-8-16-27(25)28/h5-9,11-16,19,28-29H,10,17-18,20-21H2,1-4H3,(H,35,38)(H,36,41)(H,39,40)/t29-/m0/s1. The molecule has 4 rings (SSSR count). The van der Waals surface area contributed by atoms with Crippen LogP contribution in [0.1, 0.15) is 60.2 Å². The number of nitrogens with zero attached hydrogens (tertiary/aromatic N) is 1. The lowest BCUT2D eigenvalue weighted by Gasteiger charge is -2.25. The van der Waals surface area contributed by atoms with E-state index in [4.69, 9.17) is 9.47 Å². The molecule has 232 valence electrons. The van der Waals surface area contributed by atoms with Gasteiger partial charge < -0.3 is 25.2 Å². The Hall–Kier alpha value is -4.86. The topological polar surface area (TPSA) is 134 Å². The number of aliphatic carboxylic acids is 1. The molecule has 0 unspecified atom stereocenters. The summed E-state index contributed by atoms with van der Waals surface area (Å²) in [6, 6.07) is 21.4. The molecule has 0 heterocycles. The number of ether oxygens (including phenoxy) is 2. The second kappa shape index (κ2) is 14.1. The van der Waals surface area contributed by atoms with Crippen LogP contribution < -0.4 is 10.6 Å². The summed E-state index contributed by atoms with van der Waals surface area (Å²) in [6.07, 6.45) is -0.783. The number of benzene rings is 3. The van der Waals surface area contributed by atoms with Crippen LogP contribution in [0.3, 0.4) is 0 Å². The number of carboxylic acids is 1. The number of rotatable bonds is 11. The number of nitrogens with one attached hydrogen (secondary N) is 2. The van der Waals surface area contributed by atoms with Crippen LogP contribution >= 0.6 is 0 Å². The van der Waals surface area contributed by atoms with E-state index in [2.05, 4.69) is 10.6 Å². The van der Waals surface area contributed by atoms with Crippen LogP contribution in [0.5, 0.6) is 0 Å². The van der Waals surface area contributed by atoms with E-state index >= 15 is 0 Å². The molecule has 3 aromatic rings. The maximum Gasteiger partial charge on any atom is 0.410 e. The number of amides is 3. The molecule has 0 fully saturated rings. The van der Waals surface area contributed by atoms with Crippen molar-refractivity contribution in [3.05, 3.63) is 95.1 Å². The molecule has 1 aliphatic carbocycles. The maximum atomic E-state index is 13.1. The Kier molecular flexibility index (Phi) is 10.3. The molecule has 1 atom stereocenters. The fourth-order valence-electron chi connectivity index (χ4n) is 5.17. The van der Waals surface area contributed by atoms with E-state index in [0.717, 1.165) is 27.2 Å². The highest BCUT2D eigenvalue weighted by Crippen LogP contribution is 2.44. The van der Waals surface area contributed by atoms with Crippen LogP contribution in [0.2, 0.25) is 0 Å². The average Bonchev–Trinajstić information content (AvgIpc) is 3.30. The summed E-state index contributed by atoms with van der Waals surface area (Å²) < 4.78 is 10.8. The summed E-state index contributed by atoms with van der Waals surface area (Å²) in [6.45, 7) is 6.06. The quantitative estimate of drug-likeness (QED) is 0.257. The zero-order chi connectivity index (χ0) is 31.9. The number of carbonyl (C=O) groups excluding carboxylic acids is 3. The number of hydrogen-bond acceptors (Lipinski definition) is 6. The third kappa shape index (κ3) is 8.15. The van der Waals surface area contributed by atoms with Gasteiger partial charge in [-0.1, -0.05) is 60.7 Å². The molecule has 10 nitrogen and oxygen atoms in total. The van der Waals surface area contributed by atoms with Gasteiger partial charge in [0.15, 0.2) is 0 Å². The number of carboxylic acid groups (broad SMARTS) is 1. The Bertz CT molecular complexity index is 1470. The fourth-order valence-corrected chi connectivity index (χ4v) is 5.17. The summed E-state index contributed by atoms with van der Waals surface area (Å²) in [5.41, 5.74) is 4.67. The molecule has 0 saturated heterocycles. The first-order chi connectivity index (χ1) is 20.9. The predicted octanol–water partition coefficient (Wildman–Crippen LogP) is 5.21. The lowest BCUT2D eigenvalue weighted by molar-refractivity contribution is -0.142. The van der Waals surface area contributed by atoms with E-state index in [9.17, 15) is 24.3 Å². The lowest BCUT2D eigenvalue weighted by atomic mass is 9.98. The van der Waals surface area contributed by atoms with E-state index in [1.165, 1.54) is 7.05 Å². The Labute approximate surface area is 257 Å². The van der Waals surface area contributed by atoms with Crippen molar-refractivity contribution in [2.24, 2.45) is 0 Å². The highest BCUT2D eigenvalue weighted by atomic mass is 16.6. The van der Waals surface area contributed by atoms with Gasteiger partial charge in [0, 0.05) is 38.0 Å². The van der Waals surface area contributed by atoms with E-state index in [1.807, 2.05) is 48.5 Å². The molecule has 0 bridgehead atoms. The summed E-state index contributed by atoms with van der Waals surface area (Å²) >= 11 is 0. The minimum atomic E-state index is -1.21. The fraction of sp³-hybridized carbons (Fsp3) is 0.353. The van der Waals surface area contributed by atoms with E-state index in [-0.39, 0.29) is 24.9 Å². The van der Waals surface area contributed by atoms with Crippen molar-refractivity contribution >= 4 is 24.1 Å². The Balaban J connectivity index is 1.31. The van der Waals surface area contributed by atoms with Crippen molar-refractivity contribution in [2.45, 2.75) is 51.2 Å². The molecule has 1 aliphatic rings. The molecule has 44 heavy (non-hydrogen) atoms. The minimum absolute atomic E-state index is 0.0169. The van der Waals surface area contributed by atoms with Crippen LogP contribution in [-0.4, -0.2) is 72.5 Å². The predicted molar refractivity (Wildman–Crippen MR) is 166 cm³/mol. The van der Waals surface area contributed by atoms with Crippen molar-refractivity contribution in [1.82, 2.24) is 15.5 Å². The summed E-state index contributed by atoms with van der Waals surface area (Å²) in [5, 5.41) is 15.4. The molecule has 0 spiro atoms. The van der Waals surface area contributed by atoms with E-state index in [0.29, 0.717) is 30.6 Å². The van der Waals surface area contributed by atoms with Crippen LogP contribution in [0, 0.1) is 0 Å². The Morgan fingerprint density at radius 2 is 1.50 bits per heavy atom. The molecule has 0 saturated carbocycles. The number of hydrogen-bond donors (Lipinski definition) is 3. The van der Waals surface area contributed by atoms with Crippen molar-refractivity contribution < 1.29 is 33.8 Å². The van der Waals surface area contributed by atoms with Gasteiger partial charge in [-0.3, -0.25) is 9.69 Å². The van der Waals surface area contributed by atoms with Gasteiger partial charge in [0.05, 0.1) is 0 Å². The first kappa shape index (κ1) is 32.1. The lowest BCUT2D eigenvalue weighted by Crippen LogP contribution is -2.44. The van der Waals surface area contributed by atoms with Crippen molar-refractivity contribution in [2.75, 3.05) is 26.7 Å². The van der Waals surface area contributed by atoms with Gasteiger partial charge in [-0.2, -0.15) is 0 Å². The summed E-state index contributed by atoms with van der Waals surface area (Å²) in [7, 11) is 1.40. The molecule has 3 amide bonds. The zero-order valence-corrected chi connectivity index (χ0v) is 25.5. The van der Waals surface area contributed by atoms with Gasteiger partial charge >= 0.3 is 18.2 Å². The Morgan fingerprint density at radius 1 is 0.886 bits per heavy atom. The van der Waals surface area contributed by atoms with E-state index in [1.54, 1.807) is 45.0 Å². The largest absolute Gasteiger partial charge is 0.480 e. The SMILES string of the molecule is CN(C(=O)OCC1c2ccccc2-c2ccccc21)[C@@H](Cc1cccc(C(=O)NCCCNC(=O)OC(C)(C)C)c1)C(=O)O. The minimum Gasteiger partial charge on any atom is -0.480 e. The monoisotopic (exact) mass is 601 g/mol. The van der Waals surface area contributed by atoms with Crippen LogP contribution in [0.25, 0.3) is 11.1 Å². The smallest absolute Gasteiger partial charge is 0.410 e. The number of alkyl carbamates (subject to hydrolysis) is 1. The highest BCUT2D eigenvalue weighted by Gasteiger charge is 2.32. The van der Waals surface area contributed by atoms with Crippen molar-refractivity contribution in [3.63, 3.8) is 0 Å². The first-order valence-corrected chi connectivity index (χ1v) is 14.6. The molecule has 0 aromatic heterocycles. The molecule has 3 aromatic carbocycles. The van der Waals surface area contributed by atoms with Gasteiger partial charge in [0.1, 0.15) is 18.2 Å². The number of carbonyl (C=O) groups is 4. The maximum absolute atomic E-state index is 13.1. The van der Waals surface area contributed by atoms with Crippen molar-refractivity contribution in [3.8, 4) is 11.1 Å². The van der Waals surface area contributed by atoms with Crippen LogP contribution in [-0.2, 0) is 20.7 Å². The average molecular weight is 602 g/mol. The van der Waals surface area contributed by atoms with Gasteiger partial charge in [-0.05, 0) is 67.1 Å². The summed E-state index contributed by atoms with van der Waals surface area (Å²) in [4.78, 5) is 50.8. The molecule has 0 radical (unpaired) electrons. The second-order valence-electron chi connectivity index (χ2n) is 11.7. The van der Waals surface area contributed by atoms with Gasteiger partial charge in [0.2, 0.25) is 0 Å². The zero-order valence-electron chi connectivity index (χ0n) is 25.5. The van der Waals surface area contributed by atoms with Crippen LogP contribution in [0.15, 0.2) is 72.8 Å². The van der Waals surface area contributed by atoms with Gasteiger partial charge in [-0.25, -0.2) is 14.4 Å². The third-order valence-corrected chi connectivity index (χ3v) is 7.30. The molecule has 3 N–H and O–H groups in total. The number of likely N-dealkylation sites (N-methyl/N-ethyl adjacent to an activating group) is 1. The van der Waals surface area contributed by atoms with E-state index < -0.39 is 29.8 Å². The molecule has 10 heteroatoms. The number of fused-ring (bicyclic) bond motifs is 3. The normalized spacial score (nSPS) is 12.8. The first-order valence-electron chi connectivity index (χ1n) is 14.6. The van der Waals surface area contributed by atoms with Gasteiger partial charge in [0.25, 0.3) is 5.91 Å². The second-order valence-corrected chi connectivity index (χ2v) is 11.7. The van der Waals surface area contributed by atoms with Crippen LogP contribution in [0.4, 0.5) is 9.59 Å². The Morgan fingerprint density at radius 3 is 2.11 bits per heavy atom. The molecular weight excluding hydrogens is 562 g/mol. The molecular formula is C34H39N3O7.